The number of rotatable bonds is 5. The van der Waals surface area contributed by atoms with Gasteiger partial charge in [0.15, 0.2) is 0 Å². The van der Waals surface area contributed by atoms with E-state index in [0.717, 1.165) is 50.1 Å². The predicted octanol–water partition coefficient (Wildman–Crippen LogP) is 15.9. The molecule has 0 radical (unpaired) electrons. The van der Waals surface area contributed by atoms with Crippen molar-refractivity contribution in [1.82, 2.24) is 0 Å². The Morgan fingerprint density at radius 1 is 0.311 bits per heavy atom. The van der Waals surface area contributed by atoms with Crippen LogP contribution in [0.5, 0.6) is 0 Å². The average Bonchev–Trinajstić information content (AvgIpc) is 3.96. The minimum Gasteiger partial charge on any atom is -0.456 e. The molecule has 61 heavy (non-hydrogen) atoms. The number of para-hydroxylation sites is 1. The van der Waals surface area contributed by atoms with Crippen LogP contribution in [-0.4, -0.2) is 0 Å². The lowest BCUT2D eigenvalue weighted by Crippen LogP contribution is -2.26. The second-order valence-electron chi connectivity index (χ2n) is 16.4. The molecule has 0 bridgehead atoms. The van der Waals surface area contributed by atoms with Crippen LogP contribution in [0.15, 0.2) is 229 Å². The largest absolute Gasteiger partial charge is 0.456 e. The van der Waals surface area contributed by atoms with E-state index in [-0.39, 0.29) is 0 Å². The third-order valence-corrected chi connectivity index (χ3v) is 13.3. The van der Waals surface area contributed by atoms with Crippen LogP contribution in [-0.2, 0) is 5.41 Å². The van der Waals surface area contributed by atoms with E-state index in [0.29, 0.717) is 0 Å². The lowest BCUT2D eigenvalue weighted by molar-refractivity contribution is 0.669. The first kappa shape index (κ1) is 34.0. The van der Waals surface area contributed by atoms with Gasteiger partial charge < -0.3 is 9.32 Å². The Labute approximate surface area is 354 Å². The number of furan rings is 1. The third-order valence-electron chi connectivity index (χ3n) is 13.3. The lowest BCUT2D eigenvalue weighted by atomic mass is 9.69. The summed E-state index contributed by atoms with van der Waals surface area (Å²) >= 11 is 0. The molecule has 2 heteroatoms. The van der Waals surface area contributed by atoms with E-state index in [9.17, 15) is 0 Å². The van der Waals surface area contributed by atoms with E-state index in [1.165, 1.54) is 66.4 Å². The minimum absolute atomic E-state index is 0.408. The van der Waals surface area contributed by atoms with E-state index in [1.807, 2.05) is 12.1 Å². The molecule has 0 atom stereocenters. The number of benzene rings is 10. The van der Waals surface area contributed by atoms with Crippen LogP contribution in [0.4, 0.5) is 17.1 Å². The summed E-state index contributed by atoms with van der Waals surface area (Å²) in [6.07, 6.45) is 0. The molecule has 1 spiro atoms. The smallest absolute Gasteiger partial charge is 0.135 e. The molecule has 0 aliphatic heterocycles. The van der Waals surface area contributed by atoms with Gasteiger partial charge in [0.1, 0.15) is 11.2 Å². The molecule has 2 aliphatic rings. The molecule has 0 saturated carbocycles. The third kappa shape index (κ3) is 4.91. The number of hydrogen-bond acceptors (Lipinski definition) is 2. The van der Waals surface area contributed by atoms with Crippen molar-refractivity contribution in [2.45, 2.75) is 5.41 Å². The van der Waals surface area contributed by atoms with Crippen molar-refractivity contribution in [3.05, 3.63) is 247 Å². The summed E-state index contributed by atoms with van der Waals surface area (Å²) in [5.74, 6) is 0. The van der Waals surface area contributed by atoms with Gasteiger partial charge >= 0.3 is 0 Å². The summed E-state index contributed by atoms with van der Waals surface area (Å²) in [5.41, 5.74) is 20.2. The maximum Gasteiger partial charge on any atom is 0.135 e. The summed E-state index contributed by atoms with van der Waals surface area (Å²) < 4.78 is 6.15. The topological polar surface area (TPSA) is 16.4 Å². The second kappa shape index (κ2) is 13.0. The molecule has 0 unspecified atom stereocenters. The molecule has 1 heterocycles. The van der Waals surface area contributed by atoms with Crippen molar-refractivity contribution in [2.75, 3.05) is 4.90 Å². The highest BCUT2D eigenvalue weighted by Crippen LogP contribution is 2.64. The first-order valence-electron chi connectivity index (χ1n) is 21.1. The second-order valence-corrected chi connectivity index (χ2v) is 16.4. The Kier molecular flexibility index (Phi) is 7.26. The van der Waals surface area contributed by atoms with Gasteiger partial charge in [-0.05, 0) is 132 Å². The molecule has 0 saturated heterocycles. The van der Waals surface area contributed by atoms with Crippen molar-refractivity contribution >= 4 is 49.8 Å². The van der Waals surface area contributed by atoms with Gasteiger partial charge in [-0.1, -0.05) is 170 Å². The van der Waals surface area contributed by atoms with E-state index in [2.05, 4.69) is 217 Å². The Bertz CT molecular complexity index is 3460. The maximum atomic E-state index is 6.15. The van der Waals surface area contributed by atoms with Gasteiger partial charge in [0.05, 0.1) is 5.41 Å². The van der Waals surface area contributed by atoms with Crippen LogP contribution in [0.2, 0.25) is 0 Å². The molecule has 13 rings (SSSR count). The van der Waals surface area contributed by atoms with Crippen LogP contribution in [0.1, 0.15) is 22.3 Å². The van der Waals surface area contributed by atoms with Crippen LogP contribution < -0.4 is 4.90 Å². The molecule has 2 aliphatic carbocycles. The number of anilines is 3. The van der Waals surface area contributed by atoms with Crippen molar-refractivity contribution in [3.8, 4) is 44.5 Å². The van der Waals surface area contributed by atoms with Gasteiger partial charge in [0, 0.05) is 27.8 Å². The van der Waals surface area contributed by atoms with Gasteiger partial charge in [-0.15, -0.1) is 0 Å². The fraction of sp³-hybridized carbons (Fsp3) is 0.0169. The van der Waals surface area contributed by atoms with E-state index in [1.54, 1.807) is 0 Å². The minimum atomic E-state index is -0.408. The van der Waals surface area contributed by atoms with Crippen LogP contribution >= 0.6 is 0 Å². The fourth-order valence-electron chi connectivity index (χ4n) is 10.6. The zero-order valence-electron chi connectivity index (χ0n) is 33.2. The fourth-order valence-corrected chi connectivity index (χ4v) is 10.6. The van der Waals surface area contributed by atoms with Gasteiger partial charge in [-0.3, -0.25) is 0 Å². The first-order valence-corrected chi connectivity index (χ1v) is 21.1. The van der Waals surface area contributed by atoms with E-state index in [4.69, 9.17) is 4.42 Å². The van der Waals surface area contributed by atoms with Crippen molar-refractivity contribution in [3.63, 3.8) is 0 Å². The molecule has 10 aromatic carbocycles. The van der Waals surface area contributed by atoms with Crippen LogP contribution in [0.3, 0.4) is 0 Å². The standard InChI is InChI=1S/C59H37NO/c1-2-12-38(13-3-1)39-22-28-43(29-23-39)60(44-30-24-40(25-31-44)41-27-35-57-52(37-41)50-17-7-11-21-56(50)61-57)45-32-34-46-42(36-45)26-33-51-49-16-6-10-20-55(49)59(58(46)51)53-18-8-4-14-47(53)48-15-5-9-19-54(48)59/h1-37H. The van der Waals surface area contributed by atoms with Gasteiger partial charge in [-0.2, -0.15) is 0 Å². The van der Waals surface area contributed by atoms with Crippen LogP contribution in [0.25, 0.3) is 77.2 Å². The number of fused-ring (bicyclic) bond motifs is 15. The highest BCUT2D eigenvalue weighted by atomic mass is 16.3. The summed E-state index contributed by atoms with van der Waals surface area (Å²) in [6, 6.07) is 82.3. The van der Waals surface area contributed by atoms with Crippen molar-refractivity contribution in [2.24, 2.45) is 0 Å². The summed E-state index contributed by atoms with van der Waals surface area (Å²) in [7, 11) is 0. The predicted molar refractivity (Wildman–Crippen MR) is 253 cm³/mol. The Balaban J connectivity index is 0.974. The molecule has 2 nitrogen and oxygen atoms in total. The molecule has 11 aromatic rings. The van der Waals surface area contributed by atoms with Gasteiger partial charge in [0.2, 0.25) is 0 Å². The Morgan fingerprint density at radius 3 is 1.49 bits per heavy atom. The maximum absolute atomic E-state index is 6.15. The molecule has 0 amide bonds. The molecular formula is C59H37NO. The quantitative estimate of drug-likeness (QED) is 0.173. The molecule has 284 valence electrons. The highest BCUT2D eigenvalue weighted by Gasteiger charge is 2.52. The zero-order chi connectivity index (χ0) is 40.1. The van der Waals surface area contributed by atoms with E-state index < -0.39 is 5.41 Å². The summed E-state index contributed by atoms with van der Waals surface area (Å²) in [6.45, 7) is 0. The lowest BCUT2D eigenvalue weighted by Gasteiger charge is -2.32. The average molecular weight is 776 g/mol. The highest BCUT2D eigenvalue weighted by molar-refractivity contribution is 6.07. The summed E-state index contributed by atoms with van der Waals surface area (Å²) in [4.78, 5) is 2.39. The van der Waals surface area contributed by atoms with Crippen molar-refractivity contribution < 1.29 is 4.42 Å². The number of hydrogen-bond donors (Lipinski definition) is 0. The zero-order valence-corrected chi connectivity index (χ0v) is 33.2. The normalized spacial score (nSPS) is 13.0. The monoisotopic (exact) mass is 775 g/mol. The van der Waals surface area contributed by atoms with Gasteiger partial charge in [-0.25, -0.2) is 0 Å². The first-order chi connectivity index (χ1) is 30.2. The molecule has 0 fully saturated rings. The number of nitrogens with zero attached hydrogens (tertiary/aromatic N) is 1. The Hall–Kier alpha value is -7.94. The SMILES string of the molecule is c1ccc(-c2ccc(N(c3ccc(-c4ccc5oc6ccccc6c5c4)cc3)c3ccc4c5c(ccc4c3)-c3ccccc3C53c4ccccc4-c4ccccc43)cc2)cc1. The van der Waals surface area contributed by atoms with E-state index >= 15 is 0 Å². The summed E-state index contributed by atoms with van der Waals surface area (Å²) in [5, 5.41) is 4.77. The van der Waals surface area contributed by atoms with Crippen LogP contribution in [0, 0.1) is 0 Å². The molecule has 1 aromatic heterocycles. The van der Waals surface area contributed by atoms with Crippen molar-refractivity contribution in [1.29, 1.82) is 0 Å². The Morgan fingerprint density at radius 2 is 0.820 bits per heavy atom. The molecular weight excluding hydrogens is 739 g/mol. The van der Waals surface area contributed by atoms with Gasteiger partial charge in [0.25, 0.3) is 0 Å². The molecule has 0 N–H and O–H groups in total.